The summed E-state index contributed by atoms with van der Waals surface area (Å²) < 4.78 is 19.9. The number of rotatable bonds is 5. The molecule has 0 spiro atoms. The third-order valence-corrected chi connectivity index (χ3v) is 3.35. The van der Waals surface area contributed by atoms with E-state index in [4.69, 9.17) is 4.74 Å². The van der Waals surface area contributed by atoms with Crippen LogP contribution in [0.2, 0.25) is 0 Å². The molecule has 6 heteroatoms. The second-order valence-corrected chi connectivity index (χ2v) is 4.90. The minimum absolute atomic E-state index is 0.0325. The molecule has 1 N–H and O–H groups in total. The van der Waals surface area contributed by atoms with Crippen molar-refractivity contribution in [3.05, 3.63) is 54.5 Å². The van der Waals surface area contributed by atoms with E-state index in [0.29, 0.717) is 18.1 Å². The predicted octanol–water partition coefficient (Wildman–Crippen LogP) is 3.12. The molecule has 118 valence electrons. The topological polar surface area (TPSA) is 55.6 Å². The van der Waals surface area contributed by atoms with Crippen molar-refractivity contribution in [3.8, 4) is 11.3 Å². The lowest BCUT2D eigenvalue weighted by Gasteiger charge is -2.08. The number of esters is 1. The molecule has 0 aliphatic rings. The van der Waals surface area contributed by atoms with Crippen molar-refractivity contribution in [2.24, 2.45) is 0 Å². The van der Waals surface area contributed by atoms with Gasteiger partial charge in [0.25, 0.3) is 0 Å². The molecule has 3 rings (SSSR count). The maximum Gasteiger partial charge on any atom is 0.325 e. The number of carbonyl (C=O) groups excluding carboxylic acids is 1. The molecule has 0 radical (unpaired) electrons. The fraction of sp³-hybridized carbons (Fsp3) is 0.176. The van der Waals surface area contributed by atoms with Gasteiger partial charge < -0.3 is 10.1 Å². The zero-order chi connectivity index (χ0) is 16.2. The molecule has 1 aromatic carbocycles. The molecular weight excluding hydrogens is 297 g/mol. The van der Waals surface area contributed by atoms with Crippen LogP contribution in [0.1, 0.15) is 6.92 Å². The number of aromatic nitrogens is 2. The number of carbonyl (C=O) groups is 1. The summed E-state index contributed by atoms with van der Waals surface area (Å²) in [5.41, 5.74) is 2.15. The Morgan fingerprint density at radius 1 is 1.26 bits per heavy atom. The summed E-state index contributed by atoms with van der Waals surface area (Å²) in [6.45, 7) is 2.12. The number of hydrogen-bond donors (Lipinski definition) is 1. The van der Waals surface area contributed by atoms with E-state index in [-0.39, 0.29) is 18.3 Å². The molecule has 0 bridgehead atoms. The highest BCUT2D eigenvalue weighted by Crippen LogP contribution is 2.28. The first kappa shape index (κ1) is 15.0. The average Bonchev–Trinajstić information content (AvgIpc) is 2.92. The second-order valence-electron chi connectivity index (χ2n) is 4.90. The fourth-order valence-corrected chi connectivity index (χ4v) is 2.34. The Kier molecular flexibility index (Phi) is 4.23. The van der Waals surface area contributed by atoms with E-state index in [1.54, 1.807) is 19.1 Å². The average molecular weight is 313 g/mol. The van der Waals surface area contributed by atoms with Crippen molar-refractivity contribution in [3.63, 3.8) is 0 Å². The molecule has 3 aromatic rings. The third-order valence-electron chi connectivity index (χ3n) is 3.35. The first-order chi connectivity index (χ1) is 11.2. The summed E-state index contributed by atoms with van der Waals surface area (Å²) in [7, 11) is 0. The van der Waals surface area contributed by atoms with Crippen LogP contribution in [-0.4, -0.2) is 28.5 Å². The summed E-state index contributed by atoms with van der Waals surface area (Å²) in [6, 6.07) is 11.7. The number of hydrogen-bond acceptors (Lipinski definition) is 4. The Morgan fingerprint density at radius 2 is 2.04 bits per heavy atom. The summed E-state index contributed by atoms with van der Waals surface area (Å²) in [5.74, 6) is 0.0160. The van der Waals surface area contributed by atoms with Gasteiger partial charge in [0.05, 0.1) is 6.61 Å². The van der Waals surface area contributed by atoms with E-state index in [1.165, 1.54) is 12.1 Å². The Labute approximate surface area is 132 Å². The second kappa shape index (κ2) is 6.48. The van der Waals surface area contributed by atoms with Crippen LogP contribution in [0.5, 0.6) is 0 Å². The summed E-state index contributed by atoms with van der Waals surface area (Å²) in [5, 5.41) is 3.07. The first-order valence-electron chi connectivity index (χ1n) is 7.31. The van der Waals surface area contributed by atoms with Gasteiger partial charge in [-0.3, -0.25) is 9.20 Å². The van der Waals surface area contributed by atoms with Gasteiger partial charge in [-0.25, -0.2) is 9.37 Å². The highest BCUT2D eigenvalue weighted by Gasteiger charge is 2.15. The van der Waals surface area contributed by atoms with Gasteiger partial charge in [0, 0.05) is 11.8 Å². The van der Waals surface area contributed by atoms with Crippen molar-refractivity contribution in [1.82, 2.24) is 9.38 Å². The standard InChI is InChI=1S/C17H16FN3O2/c1-2-23-15(22)11-19-17-16(12-6-8-13(18)9-7-12)20-14-5-3-4-10-21(14)17/h3-10,19H,2,11H2,1H3. The number of benzene rings is 1. The zero-order valence-corrected chi connectivity index (χ0v) is 12.6. The number of nitrogens with zero attached hydrogens (tertiary/aromatic N) is 2. The van der Waals surface area contributed by atoms with Crippen molar-refractivity contribution >= 4 is 17.4 Å². The van der Waals surface area contributed by atoms with E-state index in [9.17, 15) is 9.18 Å². The first-order valence-corrected chi connectivity index (χ1v) is 7.31. The van der Waals surface area contributed by atoms with E-state index >= 15 is 0 Å². The van der Waals surface area contributed by atoms with Crippen molar-refractivity contribution in [1.29, 1.82) is 0 Å². The zero-order valence-electron chi connectivity index (χ0n) is 12.6. The molecule has 0 saturated heterocycles. The lowest BCUT2D eigenvalue weighted by molar-refractivity contribution is -0.140. The van der Waals surface area contributed by atoms with E-state index in [0.717, 1.165) is 11.2 Å². The smallest absolute Gasteiger partial charge is 0.325 e. The van der Waals surface area contributed by atoms with Crippen LogP contribution in [-0.2, 0) is 9.53 Å². The molecule has 2 heterocycles. The molecule has 0 aliphatic carbocycles. The maximum atomic E-state index is 13.1. The lowest BCUT2D eigenvalue weighted by atomic mass is 10.1. The highest BCUT2D eigenvalue weighted by molar-refractivity contribution is 5.80. The predicted molar refractivity (Wildman–Crippen MR) is 85.7 cm³/mol. The van der Waals surface area contributed by atoms with Crippen LogP contribution >= 0.6 is 0 Å². The Bertz CT molecular complexity index is 827. The number of halogens is 1. The number of ether oxygens (including phenoxy) is 1. The SMILES string of the molecule is CCOC(=O)CNc1c(-c2ccc(F)cc2)nc2ccccn12. The van der Waals surface area contributed by atoms with Gasteiger partial charge in [-0.1, -0.05) is 6.07 Å². The van der Waals surface area contributed by atoms with Crippen molar-refractivity contribution in [2.45, 2.75) is 6.92 Å². The van der Waals surface area contributed by atoms with Crippen LogP contribution in [0.4, 0.5) is 10.2 Å². The van der Waals surface area contributed by atoms with E-state index in [1.807, 2.05) is 28.8 Å². The summed E-state index contributed by atoms with van der Waals surface area (Å²) >= 11 is 0. The minimum Gasteiger partial charge on any atom is -0.465 e. The van der Waals surface area contributed by atoms with Gasteiger partial charge in [-0.15, -0.1) is 0 Å². The molecule has 23 heavy (non-hydrogen) atoms. The lowest BCUT2D eigenvalue weighted by Crippen LogP contribution is -2.17. The fourth-order valence-electron chi connectivity index (χ4n) is 2.34. The molecule has 0 unspecified atom stereocenters. The molecule has 5 nitrogen and oxygen atoms in total. The van der Waals surface area contributed by atoms with Gasteiger partial charge in [0.15, 0.2) is 0 Å². The Balaban J connectivity index is 2.01. The molecular formula is C17H16FN3O2. The van der Waals surface area contributed by atoms with Gasteiger partial charge in [0.1, 0.15) is 29.5 Å². The van der Waals surface area contributed by atoms with Crippen LogP contribution < -0.4 is 5.32 Å². The van der Waals surface area contributed by atoms with E-state index in [2.05, 4.69) is 10.3 Å². The van der Waals surface area contributed by atoms with Crippen LogP contribution in [0.15, 0.2) is 48.7 Å². The molecule has 0 amide bonds. The molecule has 2 aromatic heterocycles. The molecule has 0 atom stereocenters. The van der Waals surface area contributed by atoms with Gasteiger partial charge in [-0.05, 0) is 43.3 Å². The largest absolute Gasteiger partial charge is 0.465 e. The molecule has 0 fully saturated rings. The normalized spacial score (nSPS) is 10.7. The third kappa shape index (κ3) is 3.15. The van der Waals surface area contributed by atoms with Gasteiger partial charge in [-0.2, -0.15) is 0 Å². The Morgan fingerprint density at radius 3 is 2.78 bits per heavy atom. The maximum absolute atomic E-state index is 13.1. The highest BCUT2D eigenvalue weighted by atomic mass is 19.1. The minimum atomic E-state index is -0.344. The van der Waals surface area contributed by atoms with Crippen LogP contribution in [0.25, 0.3) is 16.9 Å². The monoisotopic (exact) mass is 313 g/mol. The van der Waals surface area contributed by atoms with E-state index < -0.39 is 0 Å². The summed E-state index contributed by atoms with van der Waals surface area (Å²) in [4.78, 5) is 16.2. The van der Waals surface area contributed by atoms with Gasteiger partial charge >= 0.3 is 5.97 Å². The Hall–Kier alpha value is -2.89. The van der Waals surface area contributed by atoms with Crippen molar-refractivity contribution in [2.75, 3.05) is 18.5 Å². The van der Waals surface area contributed by atoms with Crippen molar-refractivity contribution < 1.29 is 13.9 Å². The number of anilines is 1. The number of fused-ring (bicyclic) bond motifs is 1. The summed E-state index contributed by atoms with van der Waals surface area (Å²) in [6.07, 6.45) is 1.85. The van der Waals surface area contributed by atoms with Crippen LogP contribution in [0.3, 0.4) is 0 Å². The number of nitrogens with one attached hydrogen (secondary N) is 1. The quantitative estimate of drug-likeness (QED) is 0.735. The number of imidazole rings is 1. The molecule has 0 saturated carbocycles. The number of pyridine rings is 1. The van der Waals surface area contributed by atoms with Crippen LogP contribution in [0, 0.1) is 5.82 Å². The molecule has 0 aliphatic heterocycles. The van der Waals surface area contributed by atoms with Gasteiger partial charge in [0.2, 0.25) is 0 Å².